The van der Waals surface area contributed by atoms with Crippen LogP contribution in [0, 0.1) is 0 Å². The topological polar surface area (TPSA) is 164 Å². The summed E-state index contributed by atoms with van der Waals surface area (Å²) in [6.07, 6.45) is 0. The molecular formula is C40H26Cl4N2O9. The van der Waals surface area contributed by atoms with Crippen molar-refractivity contribution in [2.45, 2.75) is 6.04 Å². The summed E-state index contributed by atoms with van der Waals surface area (Å²) in [6, 6.07) is 31.4. The zero-order chi connectivity index (χ0) is 39.2. The molecule has 15 heteroatoms. The predicted octanol–water partition coefficient (Wildman–Crippen LogP) is 11.4. The van der Waals surface area contributed by atoms with E-state index in [2.05, 4.69) is 10.8 Å². The van der Waals surface area contributed by atoms with Crippen molar-refractivity contribution in [3.8, 4) is 34.5 Å². The maximum atomic E-state index is 12.9. The van der Waals surface area contributed by atoms with Gasteiger partial charge in [-0.05, 0) is 115 Å². The predicted molar refractivity (Wildman–Crippen MR) is 208 cm³/mol. The summed E-state index contributed by atoms with van der Waals surface area (Å²) in [5.74, 6) is -0.281. The molecule has 0 heterocycles. The molecule has 6 aromatic carbocycles. The molecule has 0 spiro atoms. The zero-order valence-corrected chi connectivity index (χ0v) is 31.0. The first kappa shape index (κ1) is 38.9. The Labute approximate surface area is 333 Å². The average Bonchev–Trinajstić information content (AvgIpc) is 3.16. The highest BCUT2D eigenvalue weighted by Gasteiger charge is 2.26. The molecule has 11 nitrogen and oxygen atoms in total. The van der Waals surface area contributed by atoms with Gasteiger partial charge in [-0.3, -0.25) is 4.79 Å². The fraction of sp³-hybridized carbons (Fsp3) is 0.0250. The number of nitrogens with one attached hydrogen (secondary N) is 2. The van der Waals surface area contributed by atoms with E-state index in [0.717, 1.165) is 0 Å². The number of ether oxygens (including phenoxy) is 3. The lowest BCUT2D eigenvalue weighted by molar-refractivity contribution is 0.0682. The van der Waals surface area contributed by atoms with Crippen LogP contribution in [-0.2, 0) is 0 Å². The number of halogens is 4. The smallest absolute Gasteiger partial charge is 0.338 e. The number of amides is 1. The highest BCUT2D eigenvalue weighted by molar-refractivity contribution is 6.39. The Morgan fingerprint density at radius 3 is 1.22 bits per heavy atom. The maximum absolute atomic E-state index is 12.9. The Balaban J connectivity index is 1.03. The third-order valence-corrected chi connectivity index (χ3v) is 9.27. The van der Waals surface area contributed by atoms with Gasteiger partial charge < -0.3 is 34.9 Å². The van der Waals surface area contributed by atoms with Gasteiger partial charge in [-0.15, -0.1) is 0 Å². The number of carbonyl (C=O) groups is 3. The second-order valence-electron chi connectivity index (χ2n) is 11.6. The van der Waals surface area contributed by atoms with Gasteiger partial charge in [-0.1, -0.05) is 58.5 Å². The fourth-order valence-corrected chi connectivity index (χ4v) is 6.44. The van der Waals surface area contributed by atoms with Crippen molar-refractivity contribution in [2.24, 2.45) is 0 Å². The second-order valence-corrected chi connectivity index (χ2v) is 13.2. The Bertz CT molecular complexity index is 2370. The van der Waals surface area contributed by atoms with Crippen molar-refractivity contribution < 1.29 is 44.0 Å². The van der Waals surface area contributed by atoms with Crippen LogP contribution in [0.4, 0.5) is 5.69 Å². The number of benzene rings is 6. The Hall–Kier alpha value is -5.79. The zero-order valence-electron chi connectivity index (χ0n) is 27.9. The van der Waals surface area contributed by atoms with E-state index in [4.69, 9.17) is 60.6 Å². The molecule has 0 bridgehead atoms. The van der Waals surface area contributed by atoms with E-state index in [-0.39, 0.29) is 42.3 Å². The summed E-state index contributed by atoms with van der Waals surface area (Å²) in [5.41, 5.74) is 2.28. The standard InChI is InChI=1S/C40H26Cl4N2O9/c41-29-17-19-31(43)35(39(48)49)33(29)37(46-52)21-1-5-23(6-2-21)53-25-9-13-27(14-10-25)55-28-15-11-26(12-16-28)54-24-7-3-22(4-8-24)45-38(47)34-30(42)18-20-32(44)36(34)40(50)51/h1-20,37,46,52H,(H,45,47)(H,48,49)(H,50,51). The number of hydrogen-bond donors (Lipinski definition) is 5. The number of rotatable bonds is 13. The third-order valence-electron chi connectivity index (χ3n) is 8.00. The van der Waals surface area contributed by atoms with E-state index in [1.54, 1.807) is 97.1 Å². The Kier molecular flexibility index (Phi) is 12.1. The van der Waals surface area contributed by atoms with Crippen molar-refractivity contribution >= 4 is 69.9 Å². The van der Waals surface area contributed by atoms with E-state index in [9.17, 15) is 29.8 Å². The van der Waals surface area contributed by atoms with Crippen LogP contribution in [0.15, 0.2) is 121 Å². The lowest BCUT2D eigenvalue weighted by Crippen LogP contribution is -2.22. The summed E-state index contributed by atoms with van der Waals surface area (Å²) >= 11 is 24.5. The molecule has 278 valence electrons. The van der Waals surface area contributed by atoms with Crippen LogP contribution < -0.4 is 25.0 Å². The minimum absolute atomic E-state index is 0.0144. The second kappa shape index (κ2) is 17.1. The lowest BCUT2D eigenvalue weighted by Gasteiger charge is -2.20. The molecule has 0 aliphatic rings. The molecule has 6 aromatic rings. The summed E-state index contributed by atoms with van der Waals surface area (Å²) in [6.45, 7) is 0. The molecule has 0 aliphatic heterocycles. The van der Waals surface area contributed by atoms with Crippen molar-refractivity contribution in [1.82, 2.24) is 5.48 Å². The highest BCUT2D eigenvalue weighted by Crippen LogP contribution is 2.37. The van der Waals surface area contributed by atoms with Gasteiger partial charge in [0.05, 0.1) is 37.8 Å². The van der Waals surface area contributed by atoms with Gasteiger partial charge >= 0.3 is 11.9 Å². The molecule has 0 fully saturated rings. The number of carboxylic acid groups (broad SMARTS) is 2. The number of hydrogen-bond acceptors (Lipinski definition) is 8. The first-order valence-corrected chi connectivity index (χ1v) is 17.5. The molecule has 1 amide bonds. The maximum Gasteiger partial charge on any atom is 0.338 e. The molecule has 55 heavy (non-hydrogen) atoms. The van der Waals surface area contributed by atoms with Gasteiger partial charge in [0.25, 0.3) is 5.91 Å². The summed E-state index contributed by atoms with van der Waals surface area (Å²) in [7, 11) is 0. The van der Waals surface area contributed by atoms with E-state index in [0.29, 0.717) is 45.7 Å². The quantitative estimate of drug-likeness (QED) is 0.0709. The van der Waals surface area contributed by atoms with Crippen LogP contribution in [0.1, 0.15) is 48.2 Å². The van der Waals surface area contributed by atoms with E-state index in [1.807, 2.05) is 0 Å². The number of hydroxylamine groups is 1. The van der Waals surface area contributed by atoms with Crippen molar-refractivity contribution in [3.05, 3.63) is 169 Å². The van der Waals surface area contributed by atoms with Crippen LogP contribution >= 0.6 is 46.4 Å². The third kappa shape index (κ3) is 9.13. The van der Waals surface area contributed by atoms with Gasteiger partial charge in [0.2, 0.25) is 0 Å². The molecule has 0 saturated heterocycles. The first-order chi connectivity index (χ1) is 26.4. The number of aromatic carboxylic acids is 2. The van der Waals surface area contributed by atoms with Crippen LogP contribution in [0.25, 0.3) is 0 Å². The normalized spacial score (nSPS) is 11.4. The van der Waals surface area contributed by atoms with Crippen molar-refractivity contribution in [3.63, 3.8) is 0 Å². The van der Waals surface area contributed by atoms with Crippen LogP contribution in [0.2, 0.25) is 20.1 Å². The molecule has 1 atom stereocenters. The van der Waals surface area contributed by atoms with Gasteiger partial charge in [0.15, 0.2) is 0 Å². The molecule has 5 N–H and O–H groups in total. The molecule has 0 aromatic heterocycles. The molecular weight excluding hydrogens is 794 g/mol. The van der Waals surface area contributed by atoms with E-state index in [1.165, 1.54) is 24.3 Å². The first-order valence-electron chi connectivity index (χ1n) is 16.0. The van der Waals surface area contributed by atoms with Gasteiger partial charge in [0.1, 0.15) is 34.5 Å². The highest BCUT2D eigenvalue weighted by atomic mass is 35.5. The van der Waals surface area contributed by atoms with E-state index >= 15 is 0 Å². The number of carbonyl (C=O) groups excluding carboxylic acids is 1. The van der Waals surface area contributed by atoms with Crippen LogP contribution in [-0.4, -0.2) is 33.3 Å². The van der Waals surface area contributed by atoms with Crippen LogP contribution in [0.3, 0.4) is 0 Å². The Morgan fingerprint density at radius 1 is 0.473 bits per heavy atom. The van der Waals surface area contributed by atoms with Gasteiger partial charge in [0, 0.05) is 16.3 Å². The fourth-order valence-electron chi connectivity index (χ4n) is 5.44. The molecule has 0 aliphatic carbocycles. The summed E-state index contributed by atoms with van der Waals surface area (Å²) < 4.78 is 17.8. The van der Waals surface area contributed by atoms with E-state index < -0.39 is 23.9 Å². The monoisotopic (exact) mass is 818 g/mol. The molecule has 0 saturated carbocycles. The number of carboxylic acids is 2. The molecule has 6 rings (SSSR count). The van der Waals surface area contributed by atoms with Crippen LogP contribution in [0.5, 0.6) is 34.5 Å². The largest absolute Gasteiger partial charge is 0.478 e. The molecule has 0 radical (unpaired) electrons. The van der Waals surface area contributed by atoms with Gasteiger partial charge in [-0.25, -0.2) is 9.59 Å². The average molecular weight is 820 g/mol. The number of anilines is 1. The lowest BCUT2D eigenvalue weighted by atomic mass is 9.94. The summed E-state index contributed by atoms with van der Waals surface area (Å²) in [5, 5.41) is 31.7. The molecule has 1 unspecified atom stereocenters. The Morgan fingerprint density at radius 2 is 0.818 bits per heavy atom. The van der Waals surface area contributed by atoms with Crippen molar-refractivity contribution in [1.29, 1.82) is 0 Å². The SMILES string of the molecule is O=C(O)c1c(Cl)ccc(Cl)c1C(=O)Nc1ccc(Oc2ccc(Oc3ccc(Oc4ccc(C(NO)c5c(Cl)ccc(Cl)c5C(=O)O)cc4)cc3)cc2)cc1. The minimum atomic E-state index is -1.38. The van der Waals surface area contributed by atoms with Crippen molar-refractivity contribution in [2.75, 3.05) is 5.32 Å². The van der Waals surface area contributed by atoms with Gasteiger partial charge in [-0.2, -0.15) is 5.48 Å². The summed E-state index contributed by atoms with van der Waals surface area (Å²) in [4.78, 5) is 36.4. The minimum Gasteiger partial charge on any atom is -0.478 e.